The van der Waals surface area contributed by atoms with Crippen molar-refractivity contribution in [3.63, 3.8) is 0 Å². The fraction of sp³-hybridized carbons (Fsp3) is 0.320. The molecule has 174 valence electrons. The van der Waals surface area contributed by atoms with Crippen molar-refractivity contribution in [1.82, 2.24) is 15.0 Å². The highest BCUT2D eigenvalue weighted by Gasteiger charge is 2.50. The van der Waals surface area contributed by atoms with Crippen molar-refractivity contribution in [2.24, 2.45) is 0 Å². The molecule has 0 atom stereocenters. The Bertz CT molecular complexity index is 1460. The summed E-state index contributed by atoms with van der Waals surface area (Å²) in [6.45, 7) is 3.89. The summed E-state index contributed by atoms with van der Waals surface area (Å²) >= 11 is 0. The van der Waals surface area contributed by atoms with Gasteiger partial charge in [0.25, 0.3) is 0 Å². The molecule has 4 heterocycles. The number of phenolic OH excluding ortho intramolecular Hbond substituents is 1. The molecule has 2 aromatic carbocycles. The first kappa shape index (κ1) is 21.0. The van der Waals surface area contributed by atoms with Gasteiger partial charge in [-0.1, -0.05) is 13.0 Å². The maximum absolute atomic E-state index is 16.0. The second-order valence-electron chi connectivity index (χ2n) is 8.83. The number of nitrogens with zero attached hydrogens (tertiary/aromatic N) is 4. The van der Waals surface area contributed by atoms with E-state index in [9.17, 15) is 9.50 Å². The van der Waals surface area contributed by atoms with Gasteiger partial charge in [0.2, 0.25) is 0 Å². The maximum Gasteiger partial charge on any atom is 0.318 e. The highest BCUT2D eigenvalue weighted by molar-refractivity contribution is 6.01. The summed E-state index contributed by atoms with van der Waals surface area (Å²) in [7, 11) is 1.43. The molecule has 7 nitrogen and oxygen atoms in total. The quantitative estimate of drug-likeness (QED) is 0.480. The molecule has 9 heteroatoms. The Morgan fingerprint density at radius 2 is 2.00 bits per heavy atom. The van der Waals surface area contributed by atoms with E-state index in [2.05, 4.69) is 15.0 Å². The molecule has 4 aromatic rings. The minimum Gasteiger partial charge on any atom is -0.508 e. The monoisotopic (exact) mass is 464 g/mol. The molecule has 0 bridgehead atoms. The second-order valence-corrected chi connectivity index (χ2v) is 8.83. The molecule has 0 radical (unpaired) electrons. The van der Waals surface area contributed by atoms with Gasteiger partial charge in [-0.3, -0.25) is 4.98 Å². The Hall–Kier alpha value is -3.59. The molecule has 0 amide bonds. The number of fused-ring (bicyclic) bond motifs is 2. The lowest BCUT2D eigenvalue weighted by Gasteiger charge is -2.55. The molecule has 34 heavy (non-hydrogen) atoms. The predicted molar refractivity (Wildman–Crippen MR) is 123 cm³/mol. The van der Waals surface area contributed by atoms with E-state index in [1.54, 1.807) is 6.07 Å². The van der Waals surface area contributed by atoms with Crippen LogP contribution in [0.4, 0.5) is 14.6 Å². The predicted octanol–water partition coefficient (Wildman–Crippen LogP) is 4.38. The zero-order valence-corrected chi connectivity index (χ0v) is 18.7. The van der Waals surface area contributed by atoms with Gasteiger partial charge in [0.1, 0.15) is 34.2 Å². The molecule has 2 aromatic heterocycles. The Labute approximate surface area is 194 Å². The smallest absolute Gasteiger partial charge is 0.318 e. The van der Waals surface area contributed by atoms with Crippen LogP contribution in [0.2, 0.25) is 0 Å². The zero-order chi connectivity index (χ0) is 23.6. The van der Waals surface area contributed by atoms with Crippen LogP contribution in [0.15, 0.2) is 30.5 Å². The van der Waals surface area contributed by atoms with Crippen molar-refractivity contribution in [3.05, 3.63) is 47.7 Å². The van der Waals surface area contributed by atoms with Crippen LogP contribution in [0.25, 0.3) is 32.9 Å². The van der Waals surface area contributed by atoms with Crippen LogP contribution in [-0.4, -0.2) is 52.5 Å². The summed E-state index contributed by atoms with van der Waals surface area (Å²) in [6.07, 6.45) is 2.91. The topological polar surface area (TPSA) is 80.6 Å². The van der Waals surface area contributed by atoms with Gasteiger partial charge >= 0.3 is 6.01 Å². The Morgan fingerprint density at radius 3 is 2.68 bits per heavy atom. The number of aromatic hydroxyl groups is 1. The van der Waals surface area contributed by atoms with Crippen LogP contribution in [0, 0.1) is 11.6 Å². The van der Waals surface area contributed by atoms with Gasteiger partial charge in [-0.25, -0.2) is 8.78 Å². The number of aryl methyl sites for hydroxylation is 1. The fourth-order valence-corrected chi connectivity index (χ4v) is 5.01. The number of ether oxygens (including phenoxy) is 2. The largest absolute Gasteiger partial charge is 0.508 e. The number of hydrogen-bond donors (Lipinski definition) is 1. The minimum absolute atomic E-state index is 0.0252. The SMILES string of the molecule is CCc1c(F)ccc2cc(O)cc(-c3ncc4c(N5CC6(CCO6)C5)nc(OC)nc4c3F)c12. The van der Waals surface area contributed by atoms with Crippen LogP contribution in [0.3, 0.4) is 0 Å². The van der Waals surface area contributed by atoms with E-state index in [0.29, 0.717) is 52.6 Å². The highest BCUT2D eigenvalue weighted by atomic mass is 19.1. The first-order chi connectivity index (χ1) is 16.4. The van der Waals surface area contributed by atoms with Gasteiger partial charge in [-0.05, 0) is 41.0 Å². The number of phenols is 1. The van der Waals surface area contributed by atoms with Crippen molar-refractivity contribution < 1.29 is 23.4 Å². The summed E-state index contributed by atoms with van der Waals surface area (Å²) in [5.74, 6) is -0.612. The minimum atomic E-state index is -0.687. The summed E-state index contributed by atoms with van der Waals surface area (Å²) in [5, 5.41) is 11.9. The molecule has 1 spiro atoms. The molecule has 0 aliphatic carbocycles. The lowest BCUT2D eigenvalue weighted by molar-refractivity contribution is -0.161. The molecule has 2 aliphatic rings. The highest BCUT2D eigenvalue weighted by Crippen LogP contribution is 2.42. The molecule has 2 aliphatic heterocycles. The number of pyridine rings is 1. The van der Waals surface area contributed by atoms with Gasteiger partial charge in [-0.15, -0.1) is 0 Å². The fourth-order valence-electron chi connectivity index (χ4n) is 5.01. The van der Waals surface area contributed by atoms with Gasteiger partial charge in [-0.2, -0.15) is 9.97 Å². The molecule has 0 saturated carbocycles. The average Bonchev–Trinajstić information content (AvgIpc) is 2.77. The first-order valence-corrected chi connectivity index (χ1v) is 11.2. The maximum atomic E-state index is 16.0. The molecular formula is C25H22F2N4O3. The summed E-state index contributed by atoms with van der Waals surface area (Å²) in [5.41, 5.74) is 0.616. The lowest BCUT2D eigenvalue weighted by Crippen LogP contribution is -2.68. The summed E-state index contributed by atoms with van der Waals surface area (Å²) in [4.78, 5) is 15.1. The van der Waals surface area contributed by atoms with Gasteiger partial charge in [0.15, 0.2) is 5.82 Å². The third kappa shape index (κ3) is 3.00. The first-order valence-electron chi connectivity index (χ1n) is 11.2. The molecule has 1 N–H and O–H groups in total. The average molecular weight is 464 g/mol. The van der Waals surface area contributed by atoms with Gasteiger partial charge in [0.05, 0.1) is 32.2 Å². The number of methoxy groups -OCH3 is 1. The van der Waals surface area contributed by atoms with Crippen LogP contribution < -0.4 is 9.64 Å². The van der Waals surface area contributed by atoms with E-state index in [-0.39, 0.29) is 34.4 Å². The van der Waals surface area contributed by atoms with Crippen molar-refractivity contribution >= 4 is 27.5 Å². The van der Waals surface area contributed by atoms with Crippen molar-refractivity contribution in [2.75, 3.05) is 31.7 Å². The van der Waals surface area contributed by atoms with E-state index >= 15 is 4.39 Å². The third-order valence-corrected chi connectivity index (χ3v) is 6.81. The van der Waals surface area contributed by atoms with Gasteiger partial charge < -0.3 is 19.5 Å². The summed E-state index contributed by atoms with van der Waals surface area (Å²) < 4.78 is 41.6. The molecule has 2 fully saturated rings. The normalized spacial score (nSPS) is 16.6. The van der Waals surface area contributed by atoms with Crippen molar-refractivity contribution in [3.8, 4) is 23.0 Å². The van der Waals surface area contributed by atoms with E-state index < -0.39 is 5.82 Å². The van der Waals surface area contributed by atoms with E-state index in [1.807, 2.05) is 11.8 Å². The number of anilines is 1. The lowest BCUT2D eigenvalue weighted by atomic mass is 9.86. The molecule has 2 saturated heterocycles. The van der Waals surface area contributed by atoms with Crippen LogP contribution in [0.5, 0.6) is 11.8 Å². The Morgan fingerprint density at radius 1 is 1.21 bits per heavy atom. The van der Waals surface area contributed by atoms with Gasteiger partial charge in [0, 0.05) is 18.2 Å². The zero-order valence-electron chi connectivity index (χ0n) is 18.7. The van der Waals surface area contributed by atoms with Crippen molar-refractivity contribution in [2.45, 2.75) is 25.4 Å². The molecule has 6 rings (SSSR count). The number of benzene rings is 2. The van der Waals surface area contributed by atoms with Crippen LogP contribution >= 0.6 is 0 Å². The number of halogens is 2. The Balaban J connectivity index is 1.57. The number of rotatable bonds is 4. The number of aromatic nitrogens is 3. The van der Waals surface area contributed by atoms with Crippen LogP contribution in [-0.2, 0) is 11.2 Å². The van der Waals surface area contributed by atoms with E-state index in [0.717, 1.165) is 13.0 Å². The molecule has 0 unspecified atom stereocenters. The third-order valence-electron chi connectivity index (χ3n) is 6.81. The Kier molecular flexibility index (Phi) is 4.60. The second kappa shape index (κ2) is 7.46. The van der Waals surface area contributed by atoms with Crippen LogP contribution in [0.1, 0.15) is 18.9 Å². The van der Waals surface area contributed by atoms with E-state index in [4.69, 9.17) is 9.47 Å². The number of hydrogen-bond acceptors (Lipinski definition) is 7. The van der Waals surface area contributed by atoms with Crippen molar-refractivity contribution in [1.29, 1.82) is 0 Å². The summed E-state index contributed by atoms with van der Waals surface area (Å²) in [6, 6.07) is 5.89. The van der Waals surface area contributed by atoms with E-state index in [1.165, 1.54) is 31.5 Å². The standard InChI is InChI=1S/C25H22F2N4O3/c1-3-15-18(26)5-4-13-8-14(32)9-16(19(13)15)21-20(27)22-17(10-28-21)23(30-24(29-22)33-2)31-11-25(12-31)6-7-34-25/h4-5,8-10,32H,3,6-7,11-12H2,1-2H3. The molecular weight excluding hydrogens is 442 g/mol.